The molecule has 0 amide bonds. The summed E-state index contributed by atoms with van der Waals surface area (Å²) in [7, 11) is -3.88. The van der Waals surface area contributed by atoms with Crippen molar-refractivity contribution in [2.24, 2.45) is 5.92 Å². The van der Waals surface area contributed by atoms with Gasteiger partial charge in [-0.2, -0.15) is 4.31 Å². The number of sulfonamides is 1. The van der Waals surface area contributed by atoms with Gasteiger partial charge >= 0.3 is 0 Å². The molecule has 2 aromatic rings. The minimum Gasteiger partial charge on any atom is -0.379 e. The Morgan fingerprint density at radius 2 is 1.74 bits per heavy atom. The third-order valence-corrected chi connectivity index (χ3v) is 9.98. The summed E-state index contributed by atoms with van der Waals surface area (Å²) in [6.45, 7) is 9.88. The highest BCUT2D eigenvalue weighted by Gasteiger charge is 2.65. The van der Waals surface area contributed by atoms with E-state index in [1.54, 1.807) is 54.6 Å². The van der Waals surface area contributed by atoms with Crippen molar-refractivity contribution in [1.29, 1.82) is 0 Å². The third-order valence-electron chi connectivity index (χ3n) is 8.10. The molecule has 0 bridgehead atoms. The summed E-state index contributed by atoms with van der Waals surface area (Å²) >= 11 is 0. The van der Waals surface area contributed by atoms with Gasteiger partial charge < -0.3 is 19.5 Å². The molecular weight excluding hydrogens is 471 g/mol. The number of hydrogen-bond donors (Lipinski definition) is 1. The molecule has 188 valence electrons. The molecule has 3 saturated heterocycles. The van der Waals surface area contributed by atoms with Crippen molar-refractivity contribution in [2.75, 3.05) is 11.9 Å². The number of ether oxygens (including phenoxy) is 3. The van der Waals surface area contributed by atoms with Gasteiger partial charge in [0.25, 0.3) is 0 Å². The molecule has 4 aliphatic rings. The van der Waals surface area contributed by atoms with E-state index in [4.69, 9.17) is 14.2 Å². The van der Waals surface area contributed by atoms with E-state index in [-0.39, 0.29) is 29.2 Å². The Kier molecular flexibility index (Phi) is 5.00. The maximum absolute atomic E-state index is 14.2. The van der Waals surface area contributed by atoms with Gasteiger partial charge in [0.05, 0.1) is 17.0 Å². The van der Waals surface area contributed by atoms with Crippen molar-refractivity contribution in [3.63, 3.8) is 0 Å². The van der Waals surface area contributed by atoms with Gasteiger partial charge in [-0.05, 0) is 62.1 Å². The third kappa shape index (κ3) is 3.47. The zero-order valence-electron chi connectivity index (χ0n) is 20.5. The highest BCUT2D eigenvalue weighted by Crippen LogP contribution is 2.52. The fraction of sp³-hybridized carbons (Fsp3) is 0.538. The van der Waals surface area contributed by atoms with Gasteiger partial charge in [-0.25, -0.2) is 12.8 Å². The molecule has 7 nitrogen and oxygen atoms in total. The molecule has 1 N–H and O–H groups in total. The topological polar surface area (TPSA) is 77.1 Å². The summed E-state index contributed by atoms with van der Waals surface area (Å²) in [5.74, 6) is -1.37. The first-order chi connectivity index (χ1) is 16.4. The normalized spacial score (nSPS) is 34.9. The van der Waals surface area contributed by atoms with Crippen LogP contribution in [-0.2, 0) is 29.6 Å². The van der Waals surface area contributed by atoms with Gasteiger partial charge in [0, 0.05) is 18.2 Å². The standard InChI is InChI=1S/C26H31FN2O5S/c1-14-6-9-16(10-7-14)35(30,31)29-13-18-20(22-21(29)23-24(32-22)34-26(4,5)33-23)28-19-11-8-15(27)12-17(19)25(18,2)3/h6-12,18,20-24,28H,13H2,1-5H3/t18-,20+,21-,22-,23-,24-/m1/s1. The Hall–Kier alpha value is -2.04. The number of rotatable bonds is 2. The van der Waals surface area contributed by atoms with Gasteiger partial charge in [0.1, 0.15) is 18.0 Å². The fourth-order valence-electron chi connectivity index (χ4n) is 6.32. The average molecular weight is 503 g/mol. The van der Waals surface area contributed by atoms with Crippen LogP contribution in [0.1, 0.15) is 38.8 Å². The lowest BCUT2D eigenvalue weighted by molar-refractivity contribution is -0.216. The largest absolute Gasteiger partial charge is 0.379 e. The molecule has 6 atom stereocenters. The predicted molar refractivity (Wildman–Crippen MR) is 128 cm³/mol. The van der Waals surface area contributed by atoms with Gasteiger partial charge in [0.15, 0.2) is 12.1 Å². The summed E-state index contributed by atoms with van der Waals surface area (Å²) in [5, 5.41) is 3.56. The number of anilines is 1. The van der Waals surface area contributed by atoms with Gasteiger partial charge in [-0.3, -0.25) is 0 Å². The van der Waals surface area contributed by atoms with Crippen LogP contribution in [0.15, 0.2) is 47.4 Å². The molecule has 0 saturated carbocycles. The lowest BCUT2D eigenvalue weighted by atomic mass is 9.64. The van der Waals surface area contributed by atoms with Gasteiger partial charge in [0.2, 0.25) is 10.0 Å². The van der Waals surface area contributed by atoms with Crippen molar-refractivity contribution < 1.29 is 27.0 Å². The molecule has 0 aromatic heterocycles. The number of piperidine rings is 1. The Morgan fingerprint density at radius 1 is 1.03 bits per heavy atom. The molecule has 4 heterocycles. The van der Waals surface area contributed by atoms with Gasteiger partial charge in [-0.15, -0.1) is 0 Å². The van der Waals surface area contributed by atoms with E-state index in [0.29, 0.717) is 0 Å². The average Bonchev–Trinajstić information content (AvgIpc) is 3.26. The Balaban J connectivity index is 1.47. The SMILES string of the molecule is Cc1ccc(S(=O)(=O)N2C[C@@H]3[C@H](Nc4ccc(F)cc4C3(C)C)[C@H]3O[C@@H]4OC(C)(C)O[C@@H]4[C@@H]32)cc1. The zero-order chi connectivity index (χ0) is 24.9. The van der Waals surface area contributed by atoms with Crippen molar-refractivity contribution in [3.05, 3.63) is 59.4 Å². The monoisotopic (exact) mass is 502 g/mol. The summed E-state index contributed by atoms with van der Waals surface area (Å²) in [6, 6.07) is 10.9. The quantitative estimate of drug-likeness (QED) is 0.674. The van der Waals surface area contributed by atoms with E-state index in [0.717, 1.165) is 16.8 Å². The first kappa shape index (κ1) is 23.4. The van der Waals surface area contributed by atoms with Crippen molar-refractivity contribution in [3.8, 4) is 0 Å². The van der Waals surface area contributed by atoms with E-state index in [2.05, 4.69) is 5.32 Å². The Bertz CT molecular complexity index is 1280. The van der Waals surface area contributed by atoms with Crippen molar-refractivity contribution in [1.82, 2.24) is 4.31 Å². The first-order valence-corrected chi connectivity index (χ1v) is 13.5. The second-order valence-electron chi connectivity index (χ2n) is 11.1. The highest BCUT2D eigenvalue weighted by molar-refractivity contribution is 7.89. The number of aryl methyl sites for hydroxylation is 1. The van der Waals surface area contributed by atoms with Crippen LogP contribution in [0.3, 0.4) is 0 Å². The number of hydrogen-bond acceptors (Lipinski definition) is 6. The summed E-state index contributed by atoms with van der Waals surface area (Å²) in [5.41, 5.74) is 2.14. The van der Waals surface area contributed by atoms with Crippen LogP contribution in [-0.4, -0.2) is 55.6 Å². The van der Waals surface area contributed by atoms with Crippen LogP contribution in [0, 0.1) is 18.7 Å². The Morgan fingerprint density at radius 3 is 2.46 bits per heavy atom. The van der Waals surface area contributed by atoms with Crippen LogP contribution in [0.2, 0.25) is 0 Å². The lowest BCUT2D eigenvalue weighted by Gasteiger charge is -2.54. The predicted octanol–water partition coefficient (Wildman–Crippen LogP) is 3.77. The number of halogens is 1. The van der Waals surface area contributed by atoms with Crippen molar-refractivity contribution >= 4 is 15.7 Å². The van der Waals surface area contributed by atoms with Crippen LogP contribution in [0.4, 0.5) is 10.1 Å². The molecule has 35 heavy (non-hydrogen) atoms. The van der Waals surface area contributed by atoms with Gasteiger partial charge in [-0.1, -0.05) is 31.5 Å². The second-order valence-corrected chi connectivity index (χ2v) is 13.0. The smallest absolute Gasteiger partial charge is 0.243 e. The van der Waals surface area contributed by atoms with Crippen LogP contribution < -0.4 is 5.32 Å². The maximum atomic E-state index is 14.2. The summed E-state index contributed by atoms with van der Waals surface area (Å²) in [4.78, 5) is 0.231. The van der Waals surface area contributed by atoms with E-state index in [9.17, 15) is 12.8 Å². The zero-order valence-corrected chi connectivity index (χ0v) is 21.3. The fourth-order valence-corrected chi connectivity index (χ4v) is 7.99. The number of nitrogens with one attached hydrogen (secondary N) is 1. The molecule has 6 rings (SSSR count). The summed E-state index contributed by atoms with van der Waals surface area (Å²) in [6.07, 6.45) is -1.73. The molecule has 0 unspecified atom stereocenters. The molecule has 3 fully saturated rings. The molecule has 0 radical (unpaired) electrons. The van der Waals surface area contributed by atoms with E-state index in [1.165, 1.54) is 6.07 Å². The Labute approximate surface area is 205 Å². The number of nitrogens with zero attached hydrogens (tertiary/aromatic N) is 1. The highest BCUT2D eigenvalue weighted by atomic mass is 32.2. The molecular formula is C26H31FN2O5S. The molecule has 0 spiro atoms. The number of fused-ring (bicyclic) bond motifs is 6. The minimum atomic E-state index is -3.88. The second kappa shape index (κ2) is 7.49. The van der Waals surface area contributed by atoms with E-state index < -0.39 is 45.8 Å². The van der Waals surface area contributed by atoms with Crippen LogP contribution in [0.5, 0.6) is 0 Å². The molecule has 2 aromatic carbocycles. The minimum absolute atomic E-state index is 0.176. The molecule has 9 heteroatoms. The molecule has 4 aliphatic heterocycles. The van der Waals surface area contributed by atoms with Crippen LogP contribution >= 0.6 is 0 Å². The lowest BCUT2D eigenvalue weighted by Crippen LogP contribution is -2.67. The first-order valence-electron chi connectivity index (χ1n) is 12.0. The van der Waals surface area contributed by atoms with Crippen LogP contribution in [0.25, 0.3) is 0 Å². The van der Waals surface area contributed by atoms with E-state index >= 15 is 0 Å². The van der Waals surface area contributed by atoms with E-state index in [1.807, 2.05) is 20.8 Å². The number of benzene rings is 2. The van der Waals surface area contributed by atoms with Crippen molar-refractivity contribution in [2.45, 2.75) is 81.3 Å². The maximum Gasteiger partial charge on any atom is 0.243 e. The summed E-state index contributed by atoms with van der Waals surface area (Å²) < 4.78 is 62.6. The molecule has 0 aliphatic carbocycles.